The molecular formula is C9H21NO8. The van der Waals surface area contributed by atoms with Crippen LogP contribution in [0.25, 0.3) is 0 Å². The van der Waals surface area contributed by atoms with Crippen LogP contribution in [0.1, 0.15) is 27.7 Å². The van der Waals surface area contributed by atoms with Crippen LogP contribution >= 0.6 is 0 Å². The third-order valence-corrected chi connectivity index (χ3v) is 0. The maximum absolute atomic E-state index is 9.00. The minimum Gasteiger partial charge on any atom is -0.481 e. The van der Waals surface area contributed by atoms with Crippen molar-refractivity contribution in [3.05, 3.63) is 0 Å². The van der Waals surface area contributed by atoms with Crippen molar-refractivity contribution in [2.45, 2.75) is 27.7 Å². The van der Waals surface area contributed by atoms with Crippen LogP contribution in [-0.4, -0.2) is 51.4 Å². The third-order valence-electron chi connectivity index (χ3n) is 0. The van der Waals surface area contributed by atoms with E-state index in [1.165, 1.54) is 7.05 Å². The number of carbonyl (C=O) groups is 4. The fourth-order valence-electron chi connectivity index (χ4n) is 0. The van der Waals surface area contributed by atoms with Gasteiger partial charge < -0.3 is 26.2 Å². The van der Waals surface area contributed by atoms with Gasteiger partial charge in [-0.15, -0.1) is 0 Å². The molecule has 0 aromatic rings. The summed E-state index contributed by atoms with van der Waals surface area (Å²) in [5, 5.41) is 29.7. The van der Waals surface area contributed by atoms with Crippen LogP contribution in [0.15, 0.2) is 0 Å². The van der Waals surface area contributed by atoms with Gasteiger partial charge in [-0.05, 0) is 7.05 Å². The first-order valence-corrected chi connectivity index (χ1v) is 4.29. The second-order valence-corrected chi connectivity index (χ2v) is 2.08. The van der Waals surface area contributed by atoms with Gasteiger partial charge in [0.05, 0.1) is 0 Å². The van der Waals surface area contributed by atoms with E-state index in [0.29, 0.717) is 0 Å². The highest BCUT2D eigenvalue weighted by Gasteiger charge is 1.66. The zero-order valence-corrected chi connectivity index (χ0v) is 11.0. The first kappa shape index (κ1) is 29.7. The molecule has 110 valence electrons. The molecule has 0 spiro atoms. The van der Waals surface area contributed by atoms with E-state index in [2.05, 4.69) is 5.73 Å². The highest BCUT2D eigenvalue weighted by Crippen LogP contribution is 1.43. The van der Waals surface area contributed by atoms with Gasteiger partial charge in [-0.25, -0.2) is 0 Å². The molecule has 9 heteroatoms. The molecule has 9 nitrogen and oxygen atoms in total. The van der Waals surface area contributed by atoms with Gasteiger partial charge in [-0.3, -0.25) is 19.2 Å². The summed E-state index contributed by atoms with van der Waals surface area (Å²) in [4.78, 5) is 36.0. The van der Waals surface area contributed by atoms with Crippen molar-refractivity contribution in [3.8, 4) is 0 Å². The fourth-order valence-corrected chi connectivity index (χ4v) is 0. The van der Waals surface area contributed by atoms with Crippen LogP contribution < -0.4 is 5.73 Å². The predicted molar refractivity (Wildman–Crippen MR) is 63.4 cm³/mol. The summed E-state index contributed by atoms with van der Waals surface area (Å²) < 4.78 is 0. The molecule has 0 radical (unpaired) electrons. The zero-order valence-electron chi connectivity index (χ0n) is 11.0. The lowest BCUT2D eigenvalue weighted by Crippen LogP contribution is -1.78. The number of rotatable bonds is 0. The lowest BCUT2D eigenvalue weighted by molar-refractivity contribution is -0.135. The van der Waals surface area contributed by atoms with Crippen LogP contribution in [0.3, 0.4) is 0 Å². The molecule has 0 amide bonds. The number of aliphatic carboxylic acids is 4. The Morgan fingerprint density at radius 1 is 0.556 bits per heavy atom. The summed E-state index contributed by atoms with van der Waals surface area (Å²) in [6.07, 6.45) is 0. The van der Waals surface area contributed by atoms with Crippen LogP contribution in [0.4, 0.5) is 0 Å². The molecule has 0 aliphatic heterocycles. The first-order chi connectivity index (χ1) is 7.93. The molecule has 0 rings (SSSR count). The smallest absolute Gasteiger partial charge is 0.300 e. The molecule has 0 aromatic heterocycles. The Morgan fingerprint density at radius 2 is 0.556 bits per heavy atom. The SMILES string of the molecule is CC(=O)O.CC(=O)O.CC(=O)O.CC(=O)O.CN. The molecule has 0 aliphatic rings. The highest BCUT2D eigenvalue weighted by molar-refractivity contribution is 5.63. The average molecular weight is 271 g/mol. The topological polar surface area (TPSA) is 175 Å². The molecule has 0 aromatic carbocycles. The number of hydrogen-bond donors (Lipinski definition) is 5. The standard InChI is InChI=1S/4C2H4O2.CH5N/c4*1-2(3)4;1-2/h4*1H3,(H,3,4);2H2,1H3. The van der Waals surface area contributed by atoms with Gasteiger partial charge in [0, 0.05) is 27.7 Å². The molecule has 0 atom stereocenters. The Bertz CT molecular complexity index is 163. The summed E-state index contributed by atoms with van der Waals surface area (Å²) in [6.45, 7) is 4.33. The van der Waals surface area contributed by atoms with Gasteiger partial charge in [0.2, 0.25) is 0 Å². The maximum atomic E-state index is 9.00. The van der Waals surface area contributed by atoms with Gasteiger partial charge in [-0.2, -0.15) is 0 Å². The van der Waals surface area contributed by atoms with Gasteiger partial charge in [0.1, 0.15) is 0 Å². The van der Waals surface area contributed by atoms with E-state index in [1.807, 2.05) is 0 Å². The van der Waals surface area contributed by atoms with Crippen molar-refractivity contribution in [1.29, 1.82) is 0 Å². The Kier molecular flexibility index (Phi) is 48.4. The molecule has 0 aliphatic carbocycles. The lowest BCUT2D eigenvalue weighted by Gasteiger charge is -1.59. The molecular weight excluding hydrogens is 250 g/mol. The molecule has 18 heavy (non-hydrogen) atoms. The van der Waals surface area contributed by atoms with Crippen molar-refractivity contribution >= 4 is 23.9 Å². The fraction of sp³-hybridized carbons (Fsp3) is 0.556. The molecule has 0 saturated carbocycles. The minimum absolute atomic E-state index is 0.833. The largest absolute Gasteiger partial charge is 0.481 e. The summed E-state index contributed by atoms with van der Waals surface area (Å²) in [6, 6.07) is 0. The summed E-state index contributed by atoms with van der Waals surface area (Å²) >= 11 is 0. The molecule has 0 bridgehead atoms. The highest BCUT2D eigenvalue weighted by atomic mass is 16.4. The average Bonchev–Trinajstić information content (AvgIpc) is 2.01. The number of carboxylic acids is 4. The number of carboxylic acid groups (broad SMARTS) is 4. The third kappa shape index (κ3) is 489. The molecule has 0 unspecified atom stereocenters. The maximum Gasteiger partial charge on any atom is 0.300 e. The van der Waals surface area contributed by atoms with E-state index in [4.69, 9.17) is 39.6 Å². The second-order valence-electron chi connectivity index (χ2n) is 2.08. The van der Waals surface area contributed by atoms with Gasteiger partial charge in [-0.1, -0.05) is 0 Å². The van der Waals surface area contributed by atoms with E-state index in [0.717, 1.165) is 27.7 Å². The number of nitrogens with two attached hydrogens (primary N) is 1. The molecule has 0 fully saturated rings. The lowest BCUT2D eigenvalue weighted by atomic mass is 10.9. The van der Waals surface area contributed by atoms with E-state index >= 15 is 0 Å². The predicted octanol–water partition coefficient (Wildman–Crippen LogP) is -0.0615. The van der Waals surface area contributed by atoms with Crippen molar-refractivity contribution in [2.24, 2.45) is 5.73 Å². The summed E-state index contributed by atoms with van der Waals surface area (Å²) in [5.41, 5.74) is 4.50. The van der Waals surface area contributed by atoms with E-state index in [-0.39, 0.29) is 0 Å². The molecule has 0 saturated heterocycles. The van der Waals surface area contributed by atoms with Gasteiger partial charge in [0.25, 0.3) is 23.9 Å². The van der Waals surface area contributed by atoms with Crippen LogP contribution in [-0.2, 0) is 19.2 Å². The monoisotopic (exact) mass is 271 g/mol. The Labute approximate surface area is 105 Å². The Hall–Kier alpha value is -2.16. The van der Waals surface area contributed by atoms with Crippen molar-refractivity contribution in [3.63, 3.8) is 0 Å². The quantitative estimate of drug-likeness (QED) is 0.403. The Morgan fingerprint density at radius 3 is 0.556 bits per heavy atom. The molecule has 6 N–H and O–H groups in total. The summed E-state index contributed by atoms with van der Waals surface area (Å²) in [7, 11) is 1.50. The molecule has 0 heterocycles. The van der Waals surface area contributed by atoms with E-state index in [1.54, 1.807) is 0 Å². The second kappa shape index (κ2) is 29.4. The Balaban J connectivity index is -0.0000000399. The minimum atomic E-state index is -0.833. The normalized spacial score (nSPS) is 5.89. The van der Waals surface area contributed by atoms with Crippen LogP contribution in [0.5, 0.6) is 0 Å². The van der Waals surface area contributed by atoms with Crippen molar-refractivity contribution in [1.82, 2.24) is 0 Å². The summed E-state index contributed by atoms with van der Waals surface area (Å²) in [5.74, 6) is -3.33. The van der Waals surface area contributed by atoms with E-state index < -0.39 is 23.9 Å². The number of hydrogen-bond acceptors (Lipinski definition) is 5. The van der Waals surface area contributed by atoms with Crippen molar-refractivity contribution in [2.75, 3.05) is 7.05 Å². The van der Waals surface area contributed by atoms with E-state index in [9.17, 15) is 0 Å². The zero-order chi connectivity index (χ0) is 16.3. The van der Waals surface area contributed by atoms with Crippen molar-refractivity contribution < 1.29 is 39.6 Å². The van der Waals surface area contributed by atoms with Crippen LogP contribution in [0, 0.1) is 0 Å². The first-order valence-electron chi connectivity index (χ1n) is 4.29. The van der Waals surface area contributed by atoms with Gasteiger partial charge >= 0.3 is 0 Å². The van der Waals surface area contributed by atoms with Gasteiger partial charge in [0.15, 0.2) is 0 Å². The van der Waals surface area contributed by atoms with Crippen LogP contribution in [0.2, 0.25) is 0 Å².